The van der Waals surface area contributed by atoms with Crippen molar-refractivity contribution in [2.75, 3.05) is 19.1 Å². The van der Waals surface area contributed by atoms with E-state index >= 15 is 0 Å². The molecule has 0 radical (unpaired) electrons. The van der Waals surface area contributed by atoms with Gasteiger partial charge in [0.15, 0.2) is 0 Å². The molecule has 7 heteroatoms. The number of aromatic nitrogens is 1. The van der Waals surface area contributed by atoms with E-state index in [2.05, 4.69) is 10.3 Å². The van der Waals surface area contributed by atoms with Gasteiger partial charge in [-0.25, -0.2) is 0 Å². The van der Waals surface area contributed by atoms with Gasteiger partial charge in [-0.3, -0.25) is 19.5 Å². The lowest BCUT2D eigenvalue weighted by Gasteiger charge is -2.41. The minimum Gasteiger partial charge on any atom is -0.497 e. The SMILES string of the molecule is COc1ccc(CNC(=O)[C@H]2c3ccccc3C(=O)N(c3ccc(OC)cc3)[C@H]2c2cccnc2)cc1. The molecule has 4 aromatic rings. The fraction of sp³-hybridized carbons (Fsp3) is 0.167. The average Bonchev–Trinajstić information content (AvgIpc) is 2.96. The molecule has 3 aromatic carbocycles. The second-order valence-electron chi connectivity index (χ2n) is 8.74. The highest BCUT2D eigenvalue weighted by atomic mass is 16.5. The van der Waals surface area contributed by atoms with Gasteiger partial charge in [-0.1, -0.05) is 36.4 Å². The molecule has 1 aromatic heterocycles. The van der Waals surface area contributed by atoms with Gasteiger partial charge in [0.25, 0.3) is 5.91 Å². The molecule has 0 bridgehead atoms. The van der Waals surface area contributed by atoms with Crippen LogP contribution in [0.2, 0.25) is 0 Å². The number of methoxy groups -OCH3 is 2. The second-order valence-corrected chi connectivity index (χ2v) is 8.74. The predicted molar refractivity (Wildman–Crippen MR) is 141 cm³/mol. The van der Waals surface area contributed by atoms with E-state index in [0.29, 0.717) is 29.1 Å². The lowest BCUT2D eigenvalue weighted by atomic mass is 9.79. The molecule has 2 amide bonds. The van der Waals surface area contributed by atoms with Crippen LogP contribution < -0.4 is 19.7 Å². The van der Waals surface area contributed by atoms with Crippen LogP contribution in [0, 0.1) is 0 Å². The van der Waals surface area contributed by atoms with Crippen molar-refractivity contribution in [3.05, 3.63) is 120 Å². The van der Waals surface area contributed by atoms with Gasteiger partial charge in [0.2, 0.25) is 5.91 Å². The molecule has 0 spiro atoms. The Bertz CT molecular complexity index is 1390. The van der Waals surface area contributed by atoms with Crippen LogP contribution in [0.1, 0.15) is 39.0 Å². The Morgan fingerprint density at radius 3 is 2.22 bits per heavy atom. The van der Waals surface area contributed by atoms with Gasteiger partial charge in [-0.2, -0.15) is 0 Å². The van der Waals surface area contributed by atoms with E-state index in [0.717, 1.165) is 16.9 Å². The van der Waals surface area contributed by atoms with E-state index in [1.54, 1.807) is 37.6 Å². The number of rotatable bonds is 7. The van der Waals surface area contributed by atoms with Crippen molar-refractivity contribution in [2.45, 2.75) is 18.5 Å². The van der Waals surface area contributed by atoms with Crippen LogP contribution in [0.4, 0.5) is 5.69 Å². The number of carbonyl (C=O) groups is 2. The fourth-order valence-corrected chi connectivity index (χ4v) is 4.78. The number of ether oxygens (including phenoxy) is 2. The zero-order valence-corrected chi connectivity index (χ0v) is 20.6. The topological polar surface area (TPSA) is 80.8 Å². The summed E-state index contributed by atoms with van der Waals surface area (Å²) >= 11 is 0. The van der Waals surface area contributed by atoms with E-state index in [4.69, 9.17) is 9.47 Å². The van der Waals surface area contributed by atoms with Gasteiger partial charge in [0, 0.05) is 30.2 Å². The molecule has 7 nitrogen and oxygen atoms in total. The Morgan fingerprint density at radius 2 is 1.57 bits per heavy atom. The van der Waals surface area contributed by atoms with Crippen LogP contribution in [0.3, 0.4) is 0 Å². The van der Waals surface area contributed by atoms with Crippen LogP contribution >= 0.6 is 0 Å². The summed E-state index contributed by atoms with van der Waals surface area (Å²) in [7, 11) is 3.21. The number of nitrogens with one attached hydrogen (secondary N) is 1. The van der Waals surface area contributed by atoms with Crippen LogP contribution in [0.25, 0.3) is 0 Å². The number of hydrogen-bond donors (Lipinski definition) is 1. The Morgan fingerprint density at radius 1 is 0.892 bits per heavy atom. The van der Waals surface area contributed by atoms with Crippen LogP contribution in [0.15, 0.2) is 97.3 Å². The van der Waals surface area contributed by atoms with Crippen LogP contribution in [-0.2, 0) is 11.3 Å². The third kappa shape index (κ3) is 4.76. The van der Waals surface area contributed by atoms with Gasteiger partial charge in [-0.15, -0.1) is 0 Å². The van der Waals surface area contributed by atoms with Crippen molar-refractivity contribution in [3.63, 3.8) is 0 Å². The monoisotopic (exact) mass is 493 g/mol. The summed E-state index contributed by atoms with van der Waals surface area (Å²) in [6.07, 6.45) is 3.39. The first-order chi connectivity index (χ1) is 18.1. The molecule has 37 heavy (non-hydrogen) atoms. The Kier molecular flexibility index (Phi) is 6.85. The molecule has 0 fully saturated rings. The summed E-state index contributed by atoms with van der Waals surface area (Å²) in [5.74, 6) is 0.428. The van der Waals surface area contributed by atoms with E-state index in [9.17, 15) is 9.59 Å². The van der Waals surface area contributed by atoms with Crippen molar-refractivity contribution in [1.29, 1.82) is 0 Å². The summed E-state index contributed by atoms with van der Waals surface area (Å²) in [5, 5.41) is 3.09. The number of hydrogen-bond acceptors (Lipinski definition) is 5. The number of nitrogens with zero attached hydrogens (tertiary/aromatic N) is 2. The first kappa shape index (κ1) is 24.1. The number of anilines is 1. The van der Waals surface area contributed by atoms with E-state index in [1.165, 1.54) is 0 Å². The molecular weight excluding hydrogens is 466 g/mol. The molecule has 0 saturated heterocycles. The molecule has 1 aliphatic rings. The van der Waals surface area contributed by atoms with Gasteiger partial charge in [0.05, 0.1) is 26.2 Å². The highest BCUT2D eigenvalue weighted by molar-refractivity contribution is 6.11. The first-order valence-electron chi connectivity index (χ1n) is 12.0. The number of benzene rings is 3. The van der Waals surface area contributed by atoms with Crippen molar-refractivity contribution < 1.29 is 19.1 Å². The minimum absolute atomic E-state index is 0.172. The summed E-state index contributed by atoms with van der Waals surface area (Å²) in [6.45, 7) is 0.345. The zero-order valence-electron chi connectivity index (χ0n) is 20.6. The molecule has 0 saturated carbocycles. The van der Waals surface area contributed by atoms with E-state index in [1.807, 2.05) is 78.9 Å². The van der Waals surface area contributed by atoms with Crippen LogP contribution in [-0.4, -0.2) is 31.0 Å². The number of fused-ring (bicyclic) bond motifs is 1. The maximum Gasteiger partial charge on any atom is 0.259 e. The summed E-state index contributed by atoms with van der Waals surface area (Å²) < 4.78 is 10.5. The number of pyridine rings is 1. The van der Waals surface area contributed by atoms with Crippen LogP contribution in [0.5, 0.6) is 11.5 Å². The molecular formula is C30H27N3O4. The van der Waals surface area contributed by atoms with Gasteiger partial charge in [0.1, 0.15) is 11.5 Å². The molecule has 1 aliphatic heterocycles. The predicted octanol–water partition coefficient (Wildman–Crippen LogP) is 4.90. The molecule has 0 unspecified atom stereocenters. The Hall–Kier alpha value is -4.65. The molecule has 186 valence electrons. The quantitative estimate of drug-likeness (QED) is 0.396. The fourth-order valence-electron chi connectivity index (χ4n) is 4.78. The highest BCUT2D eigenvalue weighted by Crippen LogP contribution is 2.45. The normalized spacial score (nSPS) is 16.6. The maximum atomic E-state index is 13.9. The van der Waals surface area contributed by atoms with Gasteiger partial charge >= 0.3 is 0 Å². The first-order valence-corrected chi connectivity index (χ1v) is 12.0. The Labute approximate surface area is 215 Å². The summed E-state index contributed by atoms with van der Waals surface area (Å²) in [4.78, 5) is 33.8. The maximum absolute atomic E-state index is 13.9. The largest absolute Gasteiger partial charge is 0.497 e. The number of carbonyl (C=O) groups excluding carboxylic acids is 2. The lowest BCUT2D eigenvalue weighted by Crippen LogP contribution is -2.47. The second kappa shape index (κ2) is 10.5. The van der Waals surface area contributed by atoms with Crippen molar-refractivity contribution in [2.24, 2.45) is 0 Å². The van der Waals surface area contributed by atoms with Gasteiger partial charge in [-0.05, 0) is 65.2 Å². The Balaban J connectivity index is 1.57. The summed E-state index contributed by atoms with van der Waals surface area (Å²) in [5.41, 5.74) is 3.58. The van der Waals surface area contributed by atoms with Crippen molar-refractivity contribution in [3.8, 4) is 11.5 Å². The molecule has 1 N–H and O–H groups in total. The van der Waals surface area contributed by atoms with E-state index in [-0.39, 0.29) is 11.8 Å². The molecule has 2 atom stereocenters. The minimum atomic E-state index is -0.654. The van der Waals surface area contributed by atoms with Crippen molar-refractivity contribution in [1.82, 2.24) is 10.3 Å². The summed E-state index contributed by atoms with van der Waals surface area (Å²) in [6, 6.07) is 25.3. The van der Waals surface area contributed by atoms with Gasteiger partial charge < -0.3 is 14.8 Å². The number of amides is 2. The molecule has 0 aliphatic carbocycles. The van der Waals surface area contributed by atoms with E-state index < -0.39 is 12.0 Å². The molecule has 5 rings (SSSR count). The average molecular weight is 494 g/mol. The smallest absolute Gasteiger partial charge is 0.259 e. The zero-order chi connectivity index (χ0) is 25.8. The lowest BCUT2D eigenvalue weighted by molar-refractivity contribution is -0.123. The third-order valence-corrected chi connectivity index (χ3v) is 6.62. The van der Waals surface area contributed by atoms with Crippen molar-refractivity contribution >= 4 is 17.5 Å². The third-order valence-electron chi connectivity index (χ3n) is 6.62. The molecule has 2 heterocycles. The standard InChI is InChI=1S/C30H27N3O4/c1-36-23-13-9-20(10-14-23)18-32-29(34)27-25-7-3-4-8-26(25)30(35)33(22-11-15-24(37-2)16-12-22)28(27)21-6-5-17-31-19-21/h3-17,19,27-28H,18H2,1-2H3,(H,32,34)/t27-,28-/m0/s1. The highest BCUT2D eigenvalue weighted by Gasteiger charge is 2.44.